The molecule has 0 aliphatic carbocycles. The molecule has 0 aliphatic heterocycles. The highest BCUT2D eigenvalue weighted by atomic mass is 35.5. The molecule has 0 saturated heterocycles. The molecule has 3 nitrogen and oxygen atoms in total. The molecule has 0 unspecified atom stereocenters. The first-order valence-electron chi connectivity index (χ1n) is 7.46. The van der Waals surface area contributed by atoms with Crippen molar-refractivity contribution in [3.8, 4) is 11.5 Å². The minimum Gasteiger partial charge on any atom is -0.493 e. The summed E-state index contributed by atoms with van der Waals surface area (Å²) in [6.07, 6.45) is 0. The van der Waals surface area contributed by atoms with Gasteiger partial charge in [0.15, 0.2) is 11.5 Å². The Labute approximate surface area is 159 Å². The van der Waals surface area contributed by atoms with E-state index in [-0.39, 0.29) is 12.4 Å². The van der Waals surface area contributed by atoms with Crippen LogP contribution >= 0.6 is 35.6 Å². The number of benzene rings is 2. The molecule has 2 rings (SSSR count). The average Bonchev–Trinajstić information content (AvgIpc) is 2.54. The van der Waals surface area contributed by atoms with Crippen LogP contribution in [0.4, 0.5) is 0 Å². The number of halogens is 3. The van der Waals surface area contributed by atoms with Gasteiger partial charge >= 0.3 is 0 Å². The van der Waals surface area contributed by atoms with E-state index < -0.39 is 0 Å². The third-order valence-electron chi connectivity index (χ3n) is 3.32. The van der Waals surface area contributed by atoms with Crippen molar-refractivity contribution in [3.05, 3.63) is 57.6 Å². The standard InChI is InChI=1S/C18H21Cl2NO2.ClH/c1-12(2)21-10-13-5-7-17(18(9-13)22-3)23-11-14-4-6-15(19)16(20)8-14;/h4-9,12,21H,10-11H2,1-3H3;1H. The molecule has 0 atom stereocenters. The van der Waals surface area contributed by atoms with Gasteiger partial charge < -0.3 is 14.8 Å². The Morgan fingerprint density at radius 2 is 1.67 bits per heavy atom. The van der Waals surface area contributed by atoms with Gasteiger partial charge in [-0.05, 0) is 35.4 Å². The topological polar surface area (TPSA) is 30.5 Å². The number of hydrogen-bond donors (Lipinski definition) is 1. The van der Waals surface area contributed by atoms with E-state index >= 15 is 0 Å². The molecule has 0 amide bonds. The van der Waals surface area contributed by atoms with Crippen molar-refractivity contribution >= 4 is 35.6 Å². The van der Waals surface area contributed by atoms with Crippen LogP contribution in [0, 0.1) is 0 Å². The molecule has 0 heterocycles. The van der Waals surface area contributed by atoms with Gasteiger partial charge in [0.1, 0.15) is 6.61 Å². The minimum absolute atomic E-state index is 0. The second kappa shape index (κ2) is 10.00. The second-order valence-electron chi connectivity index (χ2n) is 5.56. The highest BCUT2D eigenvalue weighted by Gasteiger charge is 2.07. The zero-order chi connectivity index (χ0) is 16.8. The predicted octanol–water partition coefficient (Wildman–Crippen LogP) is 5.50. The Bertz CT molecular complexity index is 663. The van der Waals surface area contributed by atoms with E-state index in [1.165, 1.54) is 0 Å². The fourth-order valence-corrected chi connectivity index (χ4v) is 2.37. The summed E-state index contributed by atoms with van der Waals surface area (Å²) in [4.78, 5) is 0. The molecule has 6 heteroatoms. The van der Waals surface area contributed by atoms with Gasteiger partial charge in [-0.2, -0.15) is 0 Å². The first kappa shape index (κ1) is 20.9. The van der Waals surface area contributed by atoms with Crippen molar-refractivity contribution < 1.29 is 9.47 Å². The van der Waals surface area contributed by atoms with Crippen LogP contribution in [0.5, 0.6) is 11.5 Å². The fourth-order valence-electron chi connectivity index (χ4n) is 2.05. The molecule has 2 aromatic rings. The molecule has 132 valence electrons. The third kappa shape index (κ3) is 6.06. The summed E-state index contributed by atoms with van der Waals surface area (Å²) < 4.78 is 11.3. The molecule has 1 N–H and O–H groups in total. The van der Waals surface area contributed by atoms with Gasteiger partial charge in [-0.25, -0.2) is 0 Å². The molecule has 2 aromatic carbocycles. The van der Waals surface area contributed by atoms with Gasteiger partial charge in [-0.1, -0.05) is 49.2 Å². The number of rotatable bonds is 7. The smallest absolute Gasteiger partial charge is 0.161 e. The summed E-state index contributed by atoms with van der Waals surface area (Å²) in [5.74, 6) is 1.42. The molecule has 0 radical (unpaired) electrons. The summed E-state index contributed by atoms with van der Waals surface area (Å²) in [5, 5.41) is 4.44. The summed E-state index contributed by atoms with van der Waals surface area (Å²) in [6.45, 7) is 5.43. The SMILES string of the molecule is COc1cc(CNC(C)C)ccc1OCc1ccc(Cl)c(Cl)c1.Cl. The van der Waals surface area contributed by atoms with Crippen LogP contribution in [0.2, 0.25) is 10.0 Å². The van der Waals surface area contributed by atoms with Gasteiger partial charge in [0.05, 0.1) is 17.2 Å². The molecule has 24 heavy (non-hydrogen) atoms. The zero-order valence-corrected chi connectivity index (χ0v) is 16.3. The maximum Gasteiger partial charge on any atom is 0.161 e. The maximum atomic E-state index is 6.02. The summed E-state index contributed by atoms with van der Waals surface area (Å²) in [6, 6.07) is 11.8. The lowest BCUT2D eigenvalue weighted by Gasteiger charge is -2.14. The number of hydrogen-bond acceptors (Lipinski definition) is 3. The number of nitrogens with one attached hydrogen (secondary N) is 1. The maximum absolute atomic E-state index is 6.02. The van der Waals surface area contributed by atoms with Crippen molar-refractivity contribution in [2.75, 3.05) is 7.11 Å². The van der Waals surface area contributed by atoms with E-state index in [1.807, 2.05) is 24.3 Å². The predicted molar refractivity (Wildman–Crippen MR) is 103 cm³/mol. The molecule has 0 spiro atoms. The van der Waals surface area contributed by atoms with E-state index in [4.69, 9.17) is 32.7 Å². The van der Waals surface area contributed by atoms with Gasteiger partial charge in [0, 0.05) is 12.6 Å². The lowest BCUT2D eigenvalue weighted by Crippen LogP contribution is -2.21. The van der Waals surface area contributed by atoms with E-state index in [0.717, 1.165) is 17.7 Å². The van der Waals surface area contributed by atoms with Crippen molar-refractivity contribution in [1.82, 2.24) is 5.32 Å². The molecule has 0 aliphatic rings. The lowest BCUT2D eigenvalue weighted by atomic mass is 10.2. The van der Waals surface area contributed by atoms with Gasteiger partial charge in [0.25, 0.3) is 0 Å². The van der Waals surface area contributed by atoms with Crippen LogP contribution < -0.4 is 14.8 Å². The van der Waals surface area contributed by atoms with Crippen LogP contribution in [0.3, 0.4) is 0 Å². The third-order valence-corrected chi connectivity index (χ3v) is 4.06. The Hall–Kier alpha value is -1.13. The van der Waals surface area contributed by atoms with Crippen LogP contribution in [-0.2, 0) is 13.2 Å². The van der Waals surface area contributed by atoms with Crippen LogP contribution in [-0.4, -0.2) is 13.2 Å². The Morgan fingerprint density at radius 3 is 2.29 bits per heavy atom. The minimum atomic E-state index is 0. The molecule has 0 bridgehead atoms. The highest BCUT2D eigenvalue weighted by Crippen LogP contribution is 2.29. The van der Waals surface area contributed by atoms with E-state index in [1.54, 1.807) is 19.2 Å². The second-order valence-corrected chi connectivity index (χ2v) is 6.37. The molecular formula is C18H22Cl3NO2. The lowest BCUT2D eigenvalue weighted by molar-refractivity contribution is 0.284. The first-order chi connectivity index (χ1) is 11.0. The van der Waals surface area contributed by atoms with Gasteiger partial charge in [-0.3, -0.25) is 0 Å². The zero-order valence-electron chi connectivity index (χ0n) is 13.9. The van der Waals surface area contributed by atoms with Gasteiger partial charge in [0.2, 0.25) is 0 Å². The Balaban J connectivity index is 0.00000288. The van der Waals surface area contributed by atoms with Crippen molar-refractivity contribution in [2.24, 2.45) is 0 Å². The molecule has 0 saturated carbocycles. The largest absolute Gasteiger partial charge is 0.493 e. The van der Waals surface area contributed by atoms with E-state index in [0.29, 0.717) is 34.2 Å². The number of ether oxygens (including phenoxy) is 2. The fraction of sp³-hybridized carbons (Fsp3) is 0.333. The summed E-state index contributed by atoms with van der Waals surface area (Å²) in [7, 11) is 1.64. The molecular weight excluding hydrogens is 369 g/mol. The summed E-state index contributed by atoms with van der Waals surface area (Å²) in [5.41, 5.74) is 2.10. The average molecular weight is 391 g/mol. The Kier molecular flexibility index (Phi) is 8.71. The van der Waals surface area contributed by atoms with Crippen LogP contribution in [0.15, 0.2) is 36.4 Å². The normalized spacial score (nSPS) is 10.4. The monoisotopic (exact) mass is 389 g/mol. The van der Waals surface area contributed by atoms with E-state index in [2.05, 4.69) is 19.2 Å². The first-order valence-corrected chi connectivity index (χ1v) is 8.22. The molecule has 0 aromatic heterocycles. The summed E-state index contributed by atoms with van der Waals surface area (Å²) >= 11 is 11.9. The van der Waals surface area contributed by atoms with E-state index in [9.17, 15) is 0 Å². The van der Waals surface area contributed by atoms with Crippen LogP contribution in [0.25, 0.3) is 0 Å². The van der Waals surface area contributed by atoms with Crippen molar-refractivity contribution in [3.63, 3.8) is 0 Å². The molecule has 0 fully saturated rings. The van der Waals surface area contributed by atoms with Crippen molar-refractivity contribution in [2.45, 2.75) is 33.0 Å². The highest BCUT2D eigenvalue weighted by molar-refractivity contribution is 6.42. The Morgan fingerprint density at radius 1 is 0.958 bits per heavy atom. The number of methoxy groups -OCH3 is 1. The van der Waals surface area contributed by atoms with Crippen LogP contribution in [0.1, 0.15) is 25.0 Å². The van der Waals surface area contributed by atoms with Crippen molar-refractivity contribution in [1.29, 1.82) is 0 Å². The van der Waals surface area contributed by atoms with Gasteiger partial charge in [-0.15, -0.1) is 12.4 Å². The quantitative estimate of drug-likeness (QED) is 0.677.